The van der Waals surface area contributed by atoms with Crippen molar-refractivity contribution in [3.63, 3.8) is 0 Å². The topological polar surface area (TPSA) is 109 Å². The smallest absolute Gasteiger partial charge is 0.462 e. The van der Waals surface area contributed by atoms with Gasteiger partial charge in [-0.25, -0.2) is 4.79 Å². The van der Waals surface area contributed by atoms with Gasteiger partial charge >= 0.3 is 32.4 Å². The van der Waals surface area contributed by atoms with Crippen LogP contribution in [-0.2, 0) is 49.4 Å². The van der Waals surface area contributed by atoms with Crippen LogP contribution in [-0.4, -0.2) is 115 Å². The first kappa shape index (κ1) is 42.5. The summed E-state index contributed by atoms with van der Waals surface area (Å²) in [7, 11) is 7.12. The zero-order chi connectivity index (χ0) is 30.1. The molecule has 0 aliphatic heterocycles. The summed E-state index contributed by atoms with van der Waals surface area (Å²) in [5.74, 6) is 0.856. The average Bonchev–Trinajstić information content (AvgIpc) is 2.96. The maximum Gasteiger partial charge on any atom is 0.500 e. The van der Waals surface area contributed by atoms with Crippen LogP contribution >= 0.6 is 23.2 Å². The second-order valence-corrected chi connectivity index (χ2v) is 17.5. The van der Waals surface area contributed by atoms with Crippen molar-refractivity contribution in [2.75, 3.05) is 82.4 Å². The Morgan fingerprint density at radius 1 is 0.579 bits per heavy atom. The lowest BCUT2D eigenvalue weighted by Gasteiger charge is -2.24. The monoisotopic (exact) mass is 644 g/mol. The van der Waals surface area contributed by atoms with E-state index in [1.165, 1.54) is 0 Å². The van der Waals surface area contributed by atoms with E-state index in [1.54, 1.807) is 70.9 Å². The van der Waals surface area contributed by atoms with Gasteiger partial charge < -0.3 is 44.6 Å². The molecular weight excluding hydrogens is 595 g/mol. The highest BCUT2D eigenvalue weighted by atomic mass is 35.5. The minimum atomic E-state index is -2.53. The lowest BCUT2D eigenvalue weighted by atomic mass is 10.4. The number of carbonyl (C=O) groups excluding carboxylic acids is 1. The van der Waals surface area contributed by atoms with Crippen LogP contribution in [0.5, 0.6) is 0 Å². The Hall–Kier alpha value is 0.0806. The van der Waals surface area contributed by atoms with Gasteiger partial charge in [-0.3, -0.25) is 0 Å². The Labute approximate surface area is 243 Å². The fraction of sp³-hybridized carbons (Fsp3) is 0.864. The van der Waals surface area contributed by atoms with Crippen molar-refractivity contribution >= 4 is 55.6 Å². The molecule has 0 aliphatic carbocycles. The van der Waals surface area contributed by atoms with E-state index < -0.39 is 26.4 Å². The number of carbonyl (C=O) groups is 1. The summed E-state index contributed by atoms with van der Waals surface area (Å²) in [5, 5.41) is 0. The van der Waals surface area contributed by atoms with E-state index in [-0.39, 0.29) is 5.97 Å². The number of alkyl halides is 2. The van der Waals surface area contributed by atoms with E-state index in [2.05, 4.69) is 6.58 Å². The first-order chi connectivity index (χ1) is 18.0. The molecule has 0 radical (unpaired) electrons. The highest BCUT2D eigenvalue weighted by Gasteiger charge is 2.38. The zero-order valence-corrected chi connectivity index (χ0v) is 29.3. The van der Waals surface area contributed by atoms with Crippen molar-refractivity contribution in [1.82, 2.24) is 0 Å². The Bertz CT molecular complexity index is 532. The Balaban J connectivity index is -0.000000498. The molecule has 0 aliphatic rings. The molecule has 0 amide bonds. The van der Waals surface area contributed by atoms with Crippen LogP contribution in [0.1, 0.15) is 26.2 Å². The fourth-order valence-electron chi connectivity index (χ4n) is 2.81. The molecule has 38 heavy (non-hydrogen) atoms. The van der Waals surface area contributed by atoms with Crippen molar-refractivity contribution in [3.05, 3.63) is 12.2 Å². The van der Waals surface area contributed by atoms with Gasteiger partial charge in [0, 0.05) is 99.5 Å². The van der Waals surface area contributed by atoms with Crippen LogP contribution in [0.2, 0.25) is 18.1 Å². The largest absolute Gasteiger partial charge is 0.500 e. The predicted molar refractivity (Wildman–Crippen MR) is 156 cm³/mol. The van der Waals surface area contributed by atoms with Crippen LogP contribution in [0.15, 0.2) is 12.2 Å². The van der Waals surface area contributed by atoms with Gasteiger partial charge in [-0.15, -0.1) is 23.2 Å². The molecule has 230 valence electrons. The van der Waals surface area contributed by atoms with E-state index in [0.717, 1.165) is 24.9 Å². The van der Waals surface area contributed by atoms with E-state index >= 15 is 0 Å². The third-order valence-electron chi connectivity index (χ3n) is 5.24. The second-order valence-electron chi connectivity index (χ2n) is 7.49. The summed E-state index contributed by atoms with van der Waals surface area (Å²) in [6.07, 6.45) is 2.37. The molecule has 0 N–H and O–H groups in total. The molecule has 0 rings (SSSR count). The van der Waals surface area contributed by atoms with Crippen LogP contribution in [0.3, 0.4) is 0 Å². The Morgan fingerprint density at radius 2 is 0.842 bits per heavy atom. The first-order valence-electron chi connectivity index (χ1n) is 11.9. The van der Waals surface area contributed by atoms with Crippen LogP contribution in [0.25, 0.3) is 0 Å². The SMILES string of the molecule is C=C(C)C(=O)OCCC[Si](OC)(OC)OC.CO[Si](CCCCl)(OC)OC.CO[Si](CCCCl)(OC)OC. The van der Waals surface area contributed by atoms with Crippen LogP contribution < -0.4 is 0 Å². The van der Waals surface area contributed by atoms with Gasteiger partial charge in [0.2, 0.25) is 0 Å². The Morgan fingerprint density at radius 3 is 1.05 bits per heavy atom. The molecule has 0 bridgehead atoms. The quantitative estimate of drug-likeness (QED) is 0.0620. The van der Waals surface area contributed by atoms with E-state index in [1.807, 2.05) is 0 Å². The minimum absolute atomic E-state index is 0.316. The molecule has 0 saturated carbocycles. The minimum Gasteiger partial charge on any atom is -0.462 e. The zero-order valence-electron chi connectivity index (χ0n) is 24.8. The van der Waals surface area contributed by atoms with Crippen LogP contribution in [0, 0.1) is 0 Å². The molecule has 11 nitrogen and oxygen atoms in total. The average molecular weight is 646 g/mol. The van der Waals surface area contributed by atoms with Crippen molar-refractivity contribution in [1.29, 1.82) is 0 Å². The number of rotatable bonds is 20. The molecular formula is C22H50Cl2O11Si3. The van der Waals surface area contributed by atoms with Gasteiger partial charge in [0.05, 0.1) is 6.61 Å². The predicted octanol–water partition coefficient (Wildman–Crippen LogP) is 4.36. The van der Waals surface area contributed by atoms with Crippen molar-refractivity contribution in [2.24, 2.45) is 0 Å². The molecule has 0 unspecified atom stereocenters. The van der Waals surface area contributed by atoms with Gasteiger partial charge in [-0.05, 0) is 26.2 Å². The second kappa shape index (κ2) is 26.0. The van der Waals surface area contributed by atoms with Crippen molar-refractivity contribution < 1.29 is 49.4 Å². The van der Waals surface area contributed by atoms with Gasteiger partial charge in [0.1, 0.15) is 0 Å². The third kappa shape index (κ3) is 18.4. The maximum atomic E-state index is 11.1. The molecule has 0 heterocycles. The molecule has 0 aromatic carbocycles. The van der Waals surface area contributed by atoms with E-state index in [0.29, 0.717) is 36.4 Å². The standard InChI is InChI=1S/C10H20O5Si.2C6H15ClO3Si/c1-9(2)10(11)15-7-6-8-16(12-3,13-4)14-5;2*1-8-11(9-2,10-3)6-4-5-7/h1,6-8H2,2-5H3;2*4-6H2,1-3H3. The number of esters is 1. The van der Waals surface area contributed by atoms with Crippen molar-refractivity contribution in [3.8, 4) is 0 Å². The highest BCUT2D eigenvalue weighted by Crippen LogP contribution is 2.16. The van der Waals surface area contributed by atoms with Gasteiger partial charge in [0.25, 0.3) is 0 Å². The molecule has 0 fully saturated rings. The summed E-state index contributed by atoms with van der Waals surface area (Å²) >= 11 is 11.1. The van der Waals surface area contributed by atoms with Gasteiger partial charge in [-0.1, -0.05) is 6.58 Å². The molecule has 16 heteroatoms. The van der Waals surface area contributed by atoms with Gasteiger partial charge in [-0.2, -0.15) is 0 Å². The molecule has 0 saturated heterocycles. The fourth-order valence-corrected chi connectivity index (χ4v) is 8.66. The highest BCUT2D eigenvalue weighted by molar-refractivity contribution is 6.61. The summed E-state index contributed by atoms with van der Waals surface area (Å²) in [6, 6.07) is 2.17. The summed E-state index contributed by atoms with van der Waals surface area (Å²) in [5.41, 5.74) is 0.397. The first-order valence-corrected chi connectivity index (χ1v) is 18.8. The summed E-state index contributed by atoms with van der Waals surface area (Å²) in [6.45, 7) is 5.42. The molecule has 0 aromatic rings. The maximum absolute atomic E-state index is 11.1. The number of ether oxygens (including phenoxy) is 1. The summed E-state index contributed by atoms with van der Waals surface area (Å²) in [4.78, 5) is 11.1. The van der Waals surface area contributed by atoms with E-state index in [9.17, 15) is 4.79 Å². The lowest BCUT2D eigenvalue weighted by Crippen LogP contribution is -2.42. The number of hydrogen-bond acceptors (Lipinski definition) is 11. The molecule has 0 atom stereocenters. The summed E-state index contributed by atoms with van der Waals surface area (Å²) < 4.78 is 51.7. The lowest BCUT2D eigenvalue weighted by molar-refractivity contribution is -0.139. The Kier molecular flexibility index (Phi) is 29.1. The van der Waals surface area contributed by atoms with Crippen LogP contribution in [0.4, 0.5) is 0 Å². The number of hydrogen-bond donors (Lipinski definition) is 0. The number of halogens is 2. The molecule has 0 spiro atoms. The third-order valence-corrected chi connectivity index (χ3v) is 14.3. The van der Waals surface area contributed by atoms with Crippen molar-refractivity contribution in [2.45, 2.75) is 44.3 Å². The molecule has 0 aromatic heterocycles. The van der Waals surface area contributed by atoms with Gasteiger partial charge in [0.15, 0.2) is 0 Å². The normalized spacial score (nSPS) is 11.7. The van der Waals surface area contributed by atoms with E-state index in [4.69, 9.17) is 67.8 Å².